The van der Waals surface area contributed by atoms with Crippen LogP contribution in [0.3, 0.4) is 0 Å². The molecule has 0 atom stereocenters. The number of pyridine rings is 2. The van der Waals surface area contributed by atoms with Crippen LogP contribution in [0.2, 0.25) is 0 Å². The van der Waals surface area contributed by atoms with Crippen molar-refractivity contribution in [1.29, 1.82) is 0 Å². The highest BCUT2D eigenvalue weighted by Crippen LogP contribution is 2.17. The van der Waals surface area contributed by atoms with E-state index in [0.29, 0.717) is 0 Å². The summed E-state index contributed by atoms with van der Waals surface area (Å²) < 4.78 is 0. The van der Waals surface area contributed by atoms with E-state index >= 15 is 0 Å². The van der Waals surface area contributed by atoms with Crippen LogP contribution in [0.4, 0.5) is 0 Å². The Bertz CT molecular complexity index is 990. The first-order valence-electron chi connectivity index (χ1n) is 8.10. The van der Waals surface area contributed by atoms with Crippen LogP contribution in [-0.2, 0) is 0 Å². The Hall–Kier alpha value is -3.00. The Balaban J connectivity index is 1.66. The average Bonchev–Trinajstić information content (AvgIpc) is 2.60. The first-order valence-corrected chi connectivity index (χ1v) is 8.10. The van der Waals surface area contributed by atoms with E-state index in [4.69, 9.17) is 9.97 Å². The molecular formula is C22H18N2. The van der Waals surface area contributed by atoms with E-state index in [9.17, 15) is 0 Å². The van der Waals surface area contributed by atoms with Crippen LogP contribution in [0.1, 0.15) is 22.5 Å². The van der Waals surface area contributed by atoms with Crippen molar-refractivity contribution in [2.45, 2.75) is 13.8 Å². The molecule has 0 fully saturated rings. The fraction of sp³-hybridized carbons (Fsp3) is 0.0909. The topological polar surface area (TPSA) is 25.8 Å². The number of hydrogen-bond donors (Lipinski definition) is 0. The first kappa shape index (κ1) is 14.6. The molecular weight excluding hydrogens is 292 g/mol. The van der Waals surface area contributed by atoms with E-state index in [1.165, 1.54) is 21.9 Å². The Morgan fingerprint density at radius 1 is 0.583 bits per heavy atom. The van der Waals surface area contributed by atoms with E-state index in [2.05, 4.69) is 62.4 Å². The molecule has 24 heavy (non-hydrogen) atoms. The van der Waals surface area contributed by atoms with E-state index < -0.39 is 0 Å². The van der Waals surface area contributed by atoms with Crippen LogP contribution < -0.4 is 0 Å². The van der Waals surface area contributed by atoms with Gasteiger partial charge in [0.15, 0.2) is 0 Å². The molecule has 4 rings (SSSR count). The van der Waals surface area contributed by atoms with E-state index in [0.717, 1.165) is 22.4 Å². The van der Waals surface area contributed by atoms with Gasteiger partial charge in [-0.15, -0.1) is 0 Å². The predicted octanol–water partition coefficient (Wildman–Crippen LogP) is 5.57. The molecule has 0 aliphatic carbocycles. The van der Waals surface area contributed by atoms with Gasteiger partial charge in [0.2, 0.25) is 0 Å². The molecule has 0 spiro atoms. The predicted molar refractivity (Wildman–Crippen MR) is 102 cm³/mol. The standard InChI is InChI=1S/C22H18N2/c1-15-3-11-21-17(13-15)5-7-19(23-21)9-10-20-8-6-18-14-16(2)4-12-22(18)24-20/h3-14H,1-2H3/b10-9+. The second kappa shape index (κ2) is 5.89. The van der Waals surface area contributed by atoms with E-state index in [-0.39, 0.29) is 0 Å². The summed E-state index contributed by atoms with van der Waals surface area (Å²) in [5, 5.41) is 2.35. The number of rotatable bonds is 2. The molecule has 116 valence electrons. The molecule has 0 saturated heterocycles. The van der Waals surface area contributed by atoms with Gasteiger partial charge in [-0.25, -0.2) is 9.97 Å². The lowest BCUT2D eigenvalue weighted by Crippen LogP contribution is -1.86. The zero-order valence-electron chi connectivity index (χ0n) is 13.8. The minimum Gasteiger partial charge on any atom is -0.248 e. The Morgan fingerprint density at radius 3 is 1.50 bits per heavy atom. The third kappa shape index (κ3) is 2.91. The number of fused-ring (bicyclic) bond motifs is 2. The van der Waals surface area contributed by atoms with Gasteiger partial charge >= 0.3 is 0 Å². The highest BCUT2D eigenvalue weighted by molar-refractivity contribution is 5.83. The molecule has 0 amide bonds. The third-order valence-electron chi connectivity index (χ3n) is 4.16. The van der Waals surface area contributed by atoms with Gasteiger partial charge in [0, 0.05) is 10.8 Å². The normalized spacial score (nSPS) is 11.6. The largest absolute Gasteiger partial charge is 0.248 e. The molecule has 0 saturated carbocycles. The number of nitrogens with zero attached hydrogens (tertiary/aromatic N) is 2. The summed E-state index contributed by atoms with van der Waals surface area (Å²) in [7, 11) is 0. The van der Waals surface area contributed by atoms with Crippen LogP contribution in [0.5, 0.6) is 0 Å². The fourth-order valence-corrected chi connectivity index (χ4v) is 2.88. The van der Waals surface area contributed by atoms with Crippen LogP contribution >= 0.6 is 0 Å². The zero-order valence-corrected chi connectivity index (χ0v) is 13.8. The van der Waals surface area contributed by atoms with Crippen LogP contribution in [-0.4, -0.2) is 9.97 Å². The maximum Gasteiger partial charge on any atom is 0.0709 e. The van der Waals surface area contributed by atoms with Crippen molar-refractivity contribution in [3.8, 4) is 0 Å². The van der Waals surface area contributed by atoms with Gasteiger partial charge in [-0.2, -0.15) is 0 Å². The maximum absolute atomic E-state index is 4.69. The minimum absolute atomic E-state index is 0.942. The molecule has 2 heterocycles. The molecule has 0 radical (unpaired) electrons. The molecule has 0 bridgehead atoms. The van der Waals surface area contributed by atoms with Crippen LogP contribution in [0.15, 0.2) is 60.7 Å². The number of aromatic nitrogens is 2. The summed E-state index contributed by atoms with van der Waals surface area (Å²) in [6.07, 6.45) is 4.03. The molecule has 0 aliphatic heterocycles. The quantitative estimate of drug-likeness (QED) is 0.483. The van der Waals surface area contributed by atoms with Crippen molar-refractivity contribution in [3.63, 3.8) is 0 Å². The van der Waals surface area contributed by atoms with Gasteiger partial charge < -0.3 is 0 Å². The molecule has 4 aromatic rings. The highest BCUT2D eigenvalue weighted by atomic mass is 14.7. The molecule has 0 N–H and O–H groups in total. The molecule has 2 nitrogen and oxygen atoms in total. The smallest absolute Gasteiger partial charge is 0.0709 e. The third-order valence-corrected chi connectivity index (χ3v) is 4.16. The fourth-order valence-electron chi connectivity index (χ4n) is 2.88. The van der Waals surface area contributed by atoms with Gasteiger partial charge in [-0.1, -0.05) is 35.4 Å². The van der Waals surface area contributed by atoms with Crippen molar-refractivity contribution in [3.05, 3.63) is 83.2 Å². The monoisotopic (exact) mass is 310 g/mol. The zero-order chi connectivity index (χ0) is 16.5. The maximum atomic E-state index is 4.69. The van der Waals surface area contributed by atoms with Crippen molar-refractivity contribution >= 4 is 34.0 Å². The second-order valence-corrected chi connectivity index (χ2v) is 6.20. The Labute approximate surface area is 141 Å². The summed E-state index contributed by atoms with van der Waals surface area (Å²) in [5.41, 5.74) is 6.43. The SMILES string of the molecule is Cc1ccc2nc(/C=C/c3ccc4cc(C)ccc4n3)ccc2c1. The van der Waals surface area contributed by atoms with E-state index in [1.807, 2.05) is 24.3 Å². The van der Waals surface area contributed by atoms with Gasteiger partial charge in [0.05, 0.1) is 22.4 Å². The number of aryl methyl sites for hydroxylation is 2. The first-order chi connectivity index (χ1) is 11.7. The van der Waals surface area contributed by atoms with Gasteiger partial charge in [0.25, 0.3) is 0 Å². The average molecular weight is 310 g/mol. The summed E-state index contributed by atoms with van der Waals surface area (Å²) >= 11 is 0. The molecule has 2 heteroatoms. The summed E-state index contributed by atoms with van der Waals surface area (Å²) in [6, 6.07) is 21.0. The molecule has 2 aromatic carbocycles. The van der Waals surface area contributed by atoms with Gasteiger partial charge in [-0.3, -0.25) is 0 Å². The van der Waals surface area contributed by atoms with Crippen molar-refractivity contribution in [1.82, 2.24) is 9.97 Å². The minimum atomic E-state index is 0.942. The van der Waals surface area contributed by atoms with Crippen LogP contribution in [0.25, 0.3) is 34.0 Å². The Morgan fingerprint density at radius 2 is 1.04 bits per heavy atom. The van der Waals surface area contributed by atoms with Gasteiger partial charge in [-0.05, 0) is 62.4 Å². The van der Waals surface area contributed by atoms with Crippen LogP contribution in [0, 0.1) is 13.8 Å². The van der Waals surface area contributed by atoms with Crippen molar-refractivity contribution in [2.24, 2.45) is 0 Å². The second-order valence-electron chi connectivity index (χ2n) is 6.20. The van der Waals surface area contributed by atoms with E-state index in [1.54, 1.807) is 0 Å². The van der Waals surface area contributed by atoms with Gasteiger partial charge in [0.1, 0.15) is 0 Å². The summed E-state index contributed by atoms with van der Waals surface area (Å²) in [6.45, 7) is 4.19. The Kier molecular flexibility index (Phi) is 3.58. The van der Waals surface area contributed by atoms with Crippen molar-refractivity contribution in [2.75, 3.05) is 0 Å². The lowest BCUT2D eigenvalue weighted by Gasteiger charge is -2.02. The lowest BCUT2D eigenvalue weighted by molar-refractivity contribution is 1.35. The summed E-state index contributed by atoms with van der Waals surface area (Å²) in [4.78, 5) is 9.38. The molecule has 2 aromatic heterocycles. The van der Waals surface area contributed by atoms with Crippen molar-refractivity contribution < 1.29 is 0 Å². The summed E-state index contributed by atoms with van der Waals surface area (Å²) in [5.74, 6) is 0. The molecule has 0 unspecified atom stereocenters. The highest BCUT2D eigenvalue weighted by Gasteiger charge is 1.99. The molecule has 0 aliphatic rings. The lowest BCUT2D eigenvalue weighted by atomic mass is 10.1. The number of hydrogen-bond acceptors (Lipinski definition) is 2. The number of benzene rings is 2.